The summed E-state index contributed by atoms with van der Waals surface area (Å²) in [4.78, 5) is 25.7. The number of thioether (sulfide) groups is 1. The van der Waals surface area contributed by atoms with Gasteiger partial charge in [0, 0.05) is 6.54 Å². The van der Waals surface area contributed by atoms with Gasteiger partial charge in [0.1, 0.15) is 5.75 Å². The smallest absolute Gasteiger partial charge is 0.290 e. The number of rotatable bonds is 6. The number of benzene rings is 1. The number of nitrogens with one attached hydrogen (secondary N) is 1. The molecule has 0 unspecified atom stereocenters. The third-order valence-corrected chi connectivity index (χ3v) is 4.94. The first-order valence-corrected chi connectivity index (χ1v) is 9.22. The maximum absolute atomic E-state index is 11.6. The molecule has 0 bridgehead atoms. The van der Waals surface area contributed by atoms with E-state index in [-0.39, 0.29) is 11.1 Å². The number of ether oxygens (including phenoxy) is 1. The molecular weight excluding hydrogens is 324 g/mol. The average Bonchev–Trinajstić information content (AvgIpc) is 2.90. The van der Waals surface area contributed by atoms with Gasteiger partial charge in [0.15, 0.2) is 0 Å². The molecule has 2 aliphatic heterocycles. The third-order valence-electron chi connectivity index (χ3n) is 4.13. The minimum absolute atomic E-state index is 0.323. The molecule has 0 spiro atoms. The van der Waals surface area contributed by atoms with Gasteiger partial charge < -0.3 is 9.64 Å². The van der Waals surface area contributed by atoms with E-state index in [0.717, 1.165) is 36.0 Å². The van der Waals surface area contributed by atoms with E-state index in [4.69, 9.17) is 4.74 Å². The van der Waals surface area contributed by atoms with Crippen LogP contribution >= 0.6 is 11.8 Å². The minimum Gasteiger partial charge on any atom is -0.494 e. The molecule has 0 atom stereocenters. The Morgan fingerprint density at radius 2 is 2.04 bits per heavy atom. The number of piperidine rings is 1. The molecule has 3 rings (SSSR count). The number of hydrogen-bond acceptors (Lipinski definition) is 5. The van der Waals surface area contributed by atoms with Crippen molar-refractivity contribution in [1.82, 2.24) is 10.2 Å². The van der Waals surface area contributed by atoms with Crippen LogP contribution in [0, 0.1) is 0 Å². The second-order valence-electron chi connectivity index (χ2n) is 6.03. The van der Waals surface area contributed by atoms with Gasteiger partial charge in [-0.1, -0.05) is 18.6 Å². The van der Waals surface area contributed by atoms with Crippen molar-refractivity contribution in [2.45, 2.75) is 25.7 Å². The fourth-order valence-corrected chi connectivity index (χ4v) is 3.61. The van der Waals surface area contributed by atoms with Gasteiger partial charge in [0.2, 0.25) is 0 Å². The Labute approximate surface area is 146 Å². The van der Waals surface area contributed by atoms with Crippen LogP contribution in [0.5, 0.6) is 5.75 Å². The van der Waals surface area contributed by atoms with Gasteiger partial charge in [0.05, 0.1) is 11.5 Å². The summed E-state index contributed by atoms with van der Waals surface area (Å²) in [5.41, 5.74) is 0.857. The first-order valence-electron chi connectivity index (χ1n) is 8.41. The average molecular weight is 346 g/mol. The van der Waals surface area contributed by atoms with E-state index < -0.39 is 0 Å². The summed E-state index contributed by atoms with van der Waals surface area (Å²) in [6.45, 7) is 4.19. The maximum atomic E-state index is 11.6. The summed E-state index contributed by atoms with van der Waals surface area (Å²) >= 11 is 0.927. The van der Waals surface area contributed by atoms with Gasteiger partial charge in [0.25, 0.3) is 11.1 Å². The summed E-state index contributed by atoms with van der Waals surface area (Å²) in [6, 6.07) is 7.59. The second kappa shape index (κ2) is 8.35. The van der Waals surface area contributed by atoms with Crippen molar-refractivity contribution in [1.29, 1.82) is 0 Å². The van der Waals surface area contributed by atoms with Gasteiger partial charge in [-0.15, -0.1) is 0 Å². The minimum atomic E-state index is -0.335. The molecule has 2 fully saturated rings. The number of likely N-dealkylation sites (tertiary alicyclic amines) is 1. The van der Waals surface area contributed by atoms with Gasteiger partial charge >= 0.3 is 0 Å². The zero-order valence-corrected chi connectivity index (χ0v) is 14.4. The van der Waals surface area contributed by atoms with Crippen molar-refractivity contribution >= 4 is 29.0 Å². The molecule has 24 heavy (non-hydrogen) atoms. The number of amides is 2. The lowest BCUT2D eigenvalue weighted by atomic mass is 10.1. The number of hydrogen-bond donors (Lipinski definition) is 1. The van der Waals surface area contributed by atoms with Crippen LogP contribution in [0.2, 0.25) is 0 Å². The number of imide groups is 1. The zero-order valence-electron chi connectivity index (χ0n) is 13.6. The predicted octanol–water partition coefficient (Wildman–Crippen LogP) is 3.27. The molecule has 6 heteroatoms. The lowest BCUT2D eigenvalue weighted by Crippen LogP contribution is -2.31. The van der Waals surface area contributed by atoms with Crippen molar-refractivity contribution in [3.63, 3.8) is 0 Å². The third kappa shape index (κ3) is 4.85. The van der Waals surface area contributed by atoms with Crippen LogP contribution in [0.25, 0.3) is 6.08 Å². The standard InChI is InChI=1S/C18H22N2O3S/c21-17-16(24-18(22)19-17)13-14-6-4-7-15(12-14)23-11-5-10-20-8-2-1-3-9-20/h4,6-7,12-13H,1-3,5,8-11H2,(H,19,21,22)/b16-13+. The first-order chi connectivity index (χ1) is 11.7. The normalized spacial score (nSPS) is 20.4. The molecule has 1 aromatic rings. The highest BCUT2D eigenvalue weighted by molar-refractivity contribution is 8.18. The summed E-state index contributed by atoms with van der Waals surface area (Å²) in [5.74, 6) is 0.454. The Kier molecular flexibility index (Phi) is 5.93. The number of nitrogens with zero attached hydrogens (tertiary/aromatic N) is 1. The monoisotopic (exact) mass is 346 g/mol. The molecule has 5 nitrogen and oxygen atoms in total. The first kappa shape index (κ1) is 17.0. The van der Waals surface area contributed by atoms with E-state index >= 15 is 0 Å². The molecule has 1 aromatic carbocycles. The lowest BCUT2D eigenvalue weighted by Gasteiger charge is -2.26. The molecule has 2 heterocycles. The highest BCUT2D eigenvalue weighted by Crippen LogP contribution is 2.26. The van der Waals surface area contributed by atoms with E-state index in [1.807, 2.05) is 24.3 Å². The predicted molar refractivity (Wildman–Crippen MR) is 96.0 cm³/mol. The van der Waals surface area contributed by atoms with E-state index in [0.29, 0.717) is 11.5 Å². The maximum Gasteiger partial charge on any atom is 0.290 e. The molecule has 1 N–H and O–H groups in total. The van der Waals surface area contributed by atoms with Gasteiger partial charge in [-0.3, -0.25) is 14.9 Å². The fraction of sp³-hybridized carbons (Fsp3) is 0.444. The van der Waals surface area contributed by atoms with Crippen LogP contribution in [0.4, 0.5) is 4.79 Å². The Balaban J connectivity index is 1.49. The van der Waals surface area contributed by atoms with Crippen LogP contribution in [-0.4, -0.2) is 42.3 Å². The van der Waals surface area contributed by atoms with Gasteiger partial charge in [-0.25, -0.2) is 0 Å². The fourth-order valence-electron chi connectivity index (χ4n) is 2.93. The van der Waals surface area contributed by atoms with E-state index in [2.05, 4.69) is 10.2 Å². The summed E-state index contributed by atoms with van der Waals surface area (Å²) < 4.78 is 5.82. The van der Waals surface area contributed by atoms with E-state index in [1.165, 1.54) is 32.4 Å². The molecule has 0 aromatic heterocycles. The highest BCUT2D eigenvalue weighted by atomic mass is 32.2. The zero-order chi connectivity index (χ0) is 16.8. The topological polar surface area (TPSA) is 58.6 Å². The molecule has 2 amide bonds. The van der Waals surface area contributed by atoms with Crippen molar-refractivity contribution in [2.24, 2.45) is 0 Å². The molecule has 0 aliphatic carbocycles. The Hall–Kier alpha value is -1.79. The van der Waals surface area contributed by atoms with Crippen molar-refractivity contribution in [2.75, 3.05) is 26.2 Å². The molecule has 0 radical (unpaired) electrons. The largest absolute Gasteiger partial charge is 0.494 e. The van der Waals surface area contributed by atoms with Crippen molar-refractivity contribution in [3.8, 4) is 5.75 Å². The van der Waals surface area contributed by atoms with E-state index in [9.17, 15) is 9.59 Å². The van der Waals surface area contributed by atoms with Crippen LogP contribution in [0.1, 0.15) is 31.2 Å². The highest BCUT2D eigenvalue weighted by Gasteiger charge is 2.24. The number of carbonyl (C=O) groups is 2. The summed E-state index contributed by atoms with van der Waals surface area (Å²) in [5, 5.41) is 1.93. The van der Waals surface area contributed by atoms with E-state index in [1.54, 1.807) is 6.08 Å². The van der Waals surface area contributed by atoms with Crippen LogP contribution < -0.4 is 10.1 Å². The van der Waals surface area contributed by atoms with Crippen LogP contribution in [-0.2, 0) is 4.79 Å². The van der Waals surface area contributed by atoms with Gasteiger partial charge in [-0.2, -0.15) is 0 Å². The summed E-state index contributed by atoms with van der Waals surface area (Å²) in [6.07, 6.45) is 6.71. The SMILES string of the molecule is O=C1NC(=O)/C(=C\c2cccc(OCCCN3CCCCC3)c2)S1. The van der Waals surface area contributed by atoms with Crippen molar-refractivity contribution in [3.05, 3.63) is 34.7 Å². The number of carbonyl (C=O) groups excluding carboxylic acids is 2. The summed E-state index contributed by atoms with van der Waals surface area (Å²) in [7, 11) is 0. The Bertz CT molecular complexity index is 639. The molecule has 2 aliphatic rings. The quantitative estimate of drug-likeness (QED) is 0.633. The van der Waals surface area contributed by atoms with Crippen LogP contribution in [0.15, 0.2) is 29.2 Å². The van der Waals surface area contributed by atoms with Crippen molar-refractivity contribution < 1.29 is 14.3 Å². The lowest BCUT2D eigenvalue weighted by molar-refractivity contribution is -0.115. The van der Waals surface area contributed by atoms with Gasteiger partial charge in [-0.05, 0) is 67.9 Å². The molecule has 0 saturated carbocycles. The van der Waals surface area contributed by atoms with Crippen LogP contribution in [0.3, 0.4) is 0 Å². The molecule has 2 saturated heterocycles. The molecular formula is C18H22N2O3S. The second-order valence-corrected chi connectivity index (χ2v) is 7.04. The Morgan fingerprint density at radius 3 is 2.79 bits per heavy atom. The molecule has 128 valence electrons. The Morgan fingerprint density at radius 1 is 1.21 bits per heavy atom.